The van der Waals surface area contributed by atoms with Crippen molar-refractivity contribution in [3.05, 3.63) is 0 Å². The highest BCUT2D eigenvalue weighted by atomic mass is 35.5. The molecule has 1 N–H and O–H groups in total. The molecule has 2 bridgehead atoms. The van der Waals surface area contributed by atoms with E-state index in [9.17, 15) is 13.6 Å². The molecule has 0 aromatic heterocycles. The monoisotopic (exact) mass is 269 g/mol. The highest BCUT2D eigenvalue weighted by Gasteiger charge is 2.66. The van der Waals surface area contributed by atoms with Gasteiger partial charge in [-0.25, -0.2) is 8.78 Å². The van der Waals surface area contributed by atoms with Gasteiger partial charge in [-0.1, -0.05) is 6.42 Å². The highest BCUT2D eigenvalue weighted by molar-refractivity contribution is 5.85. The molecule has 6 heteroatoms. The number of hydrogen-bond acceptors (Lipinski definition) is 3. The Balaban J connectivity index is 0.00000144. The number of carbonyl (C=O) groups excluding carboxylic acids is 1. The maximum Gasteiger partial charge on any atom is 0.319 e. The van der Waals surface area contributed by atoms with Crippen LogP contribution in [-0.4, -0.2) is 31.6 Å². The standard InChI is InChI=1S/C11H17F2NO2.ClH/c1-2-16-9(15)10-5-3-4-8(6-14-7-10)11(10,12)13;/h8,14H,2-7H2,1H3;1H. The van der Waals surface area contributed by atoms with E-state index in [1.165, 1.54) is 0 Å². The summed E-state index contributed by atoms with van der Waals surface area (Å²) in [6.45, 7) is 2.13. The fourth-order valence-corrected chi connectivity index (χ4v) is 2.86. The largest absolute Gasteiger partial charge is 0.465 e. The van der Waals surface area contributed by atoms with E-state index in [4.69, 9.17) is 4.74 Å². The molecule has 1 aliphatic carbocycles. The van der Waals surface area contributed by atoms with Crippen LogP contribution in [0, 0.1) is 11.3 Å². The van der Waals surface area contributed by atoms with Gasteiger partial charge in [-0.05, 0) is 19.8 Å². The summed E-state index contributed by atoms with van der Waals surface area (Å²) in [5.41, 5.74) is -1.62. The lowest BCUT2D eigenvalue weighted by Crippen LogP contribution is -2.65. The van der Waals surface area contributed by atoms with Crippen LogP contribution in [0.15, 0.2) is 0 Å². The Labute approximate surface area is 106 Å². The Morgan fingerprint density at radius 1 is 1.53 bits per heavy atom. The van der Waals surface area contributed by atoms with Crippen molar-refractivity contribution in [1.82, 2.24) is 5.32 Å². The molecule has 0 amide bonds. The number of nitrogens with one attached hydrogen (secondary N) is 1. The second-order valence-corrected chi connectivity index (χ2v) is 4.65. The summed E-state index contributed by atoms with van der Waals surface area (Å²) < 4.78 is 33.2. The van der Waals surface area contributed by atoms with Crippen molar-refractivity contribution in [2.24, 2.45) is 11.3 Å². The zero-order valence-electron chi connectivity index (χ0n) is 9.80. The maximum atomic E-state index is 14.2. The predicted octanol–water partition coefficient (Wildman–Crippen LogP) is 2.00. The van der Waals surface area contributed by atoms with Gasteiger partial charge in [0.05, 0.1) is 6.61 Å². The lowest BCUT2D eigenvalue weighted by Gasteiger charge is -2.49. The van der Waals surface area contributed by atoms with Crippen LogP contribution >= 0.6 is 12.4 Å². The molecule has 100 valence electrons. The van der Waals surface area contributed by atoms with Gasteiger partial charge in [0.15, 0.2) is 0 Å². The second-order valence-electron chi connectivity index (χ2n) is 4.65. The van der Waals surface area contributed by atoms with Crippen LogP contribution in [0.4, 0.5) is 8.78 Å². The third-order valence-corrected chi connectivity index (χ3v) is 3.79. The number of rotatable bonds is 2. The lowest BCUT2D eigenvalue weighted by atomic mass is 9.64. The molecule has 1 saturated heterocycles. The molecule has 2 fully saturated rings. The summed E-state index contributed by atoms with van der Waals surface area (Å²) in [6.07, 6.45) is 1.39. The molecule has 0 aromatic carbocycles. The Morgan fingerprint density at radius 2 is 2.24 bits per heavy atom. The molecule has 1 saturated carbocycles. The summed E-state index contributed by atoms with van der Waals surface area (Å²) in [4.78, 5) is 11.8. The van der Waals surface area contributed by atoms with Gasteiger partial charge >= 0.3 is 5.97 Å². The summed E-state index contributed by atoms with van der Waals surface area (Å²) >= 11 is 0. The van der Waals surface area contributed by atoms with E-state index in [2.05, 4.69) is 5.32 Å². The van der Waals surface area contributed by atoms with Crippen LogP contribution in [0.1, 0.15) is 26.2 Å². The van der Waals surface area contributed by atoms with E-state index in [0.29, 0.717) is 19.4 Å². The van der Waals surface area contributed by atoms with Crippen molar-refractivity contribution in [1.29, 1.82) is 0 Å². The van der Waals surface area contributed by atoms with Gasteiger partial charge in [-0.2, -0.15) is 0 Å². The topological polar surface area (TPSA) is 38.3 Å². The number of esters is 1. The van der Waals surface area contributed by atoms with Crippen LogP contribution in [0.25, 0.3) is 0 Å². The fourth-order valence-electron chi connectivity index (χ4n) is 2.86. The number of piperidine rings is 1. The van der Waals surface area contributed by atoms with E-state index in [-0.39, 0.29) is 32.0 Å². The van der Waals surface area contributed by atoms with Gasteiger partial charge in [-0.3, -0.25) is 4.79 Å². The summed E-state index contributed by atoms with van der Waals surface area (Å²) in [6, 6.07) is 0. The summed E-state index contributed by atoms with van der Waals surface area (Å²) in [5.74, 6) is -4.39. The van der Waals surface area contributed by atoms with Gasteiger partial charge in [0.25, 0.3) is 5.92 Å². The van der Waals surface area contributed by atoms with Gasteiger partial charge < -0.3 is 10.1 Å². The summed E-state index contributed by atoms with van der Waals surface area (Å²) in [5, 5.41) is 2.94. The molecule has 1 aliphatic heterocycles. The van der Waals surface area contributed by atoms with Gasteiger partial charge in [0.1, 0.15) is 5.41 Å². The molecule has 2 aliphatic rings. The number of carbonyl (C=O) groups is 1. The normalized spacial score (nSPS) is 34.6. The second kappa shape index (κ2) is 5.06. The summed E-state index contributed by atoms with van der Waals surface area (Å²) in [7, 11) is 0. The molecule has 2 unspecified atom stereocenters. The first kappa shape index (κ1) is 14.6. The Bertz CT molecular complexity index is 289. The lowest BCUT2D eigenvalue weighted by molar-refractivity contribution is -0.220. The van der Waals surface area contributed by atoms with Gasteiger partial charge in [0, 0.05) is 19.0 Å². The van der Waals surface area contributed by atoms with Crippen LogP contribution in [0.2, 0.25) is 0 Å². The third-order valence-electron chi connectivity index (χ3n) is 3.79. The predicted molar refractivity (Wildman–Crippen MR) is 61.5 cm³/mol. The van der Waals surface area contributed by atoms with E-state index < -0.39 is 23.2 Å². The molecular weight excluding hydrogens is 252 g/mol. The van der Waals surface area contributed by atoms with Crippen LogP contribution < -0.4 is 5.32 Å². The van der Waals surface area contributed by atoms with E-state index >= 15 is 0 Å². The molecule has 2 atom stereocenters. The molecule has 0 spiro atoms. The van der Waals surface area contributed by atoms with Crippen molar-refractivity contribution in [2.45, 2.75) is 32.1 Å². The Hall–Kier alpha value is -0.420. The van der Waals surface area contributed by atoms with Crippen molar-refractivity contribution in [3.63, 3.8) is 0 Å². The van der Waals surface area contributed by atoms with Crippen LogP contribution in [0.3, 0.4) is 0 Å². The first-order chi connectivity index (χ1) is 7.54. The number of ether oxygens (including phenoxy) is 1. The highest BCUT2D eigenvalue weighted by Crippen LogP contribution is 2.53. The van der Waals surface area contributed by atoms with Gasteiger partial charge in [0.2, 0.25) is 0 Å². The first-order valence-electron chi connectivity index (χ1n) is 5.80. The molecule has 3 nitrogen and oxygen atoms in total. The quantitative estimate of drug-likeness (QED) is 0.779. The smallest absolute Gasteiger partial charge is 0.319 e. The third kappa shape index (κ3) is 2.03. The maximum absolute atomic E-state index is 14.2. The average molecular weight is 270 g/mol. The van der Waals surface area contributed by atoms with Crippen molar-refractivity contribution < 1.29 is 18.3 Å². The van der Waals surface area contributed by atoms with Gasteiger partial charge in [-0.15, -0.1) is 12.4 Å². The Kier molecular flexibility index (Phi) is 4.36. The van der Waals surface area contributed by atoms with Crippen molar-refractivity contribution >= 4 is 18.4 Å². The molecule has 1 heterocycles. The fraction of sp³-hybridized carbons (Fsp3) is 0.909. The van der Waals surface area contributed by atoms with Crippen molar-refractivity contribution in [2.75, 3.05) is 19.7 Å². The van der Waals surface area contributed by atoms with E-state index in [0.717, 1.165) is 0 Å². The molecule has 0 aromatic rings. The van der Waals surface area contributed by atoms with Crippen LogP contribution in [-0.2, 0) is 9.53 Å². The number of halogens is 3. The van der Waals surface area contributed by atoms with E-state index in [1.807, 2.05) is 0 Å². The Morgan fingerprint density at radius 3 is 2.88 bits per heavy atom. The number of fused-ring (bicyclic) bond motifs is 2. The van der Waals surface area contributed by atoms with Crippen LogP contribution in [0.5, 0.6) is 0 Å². The number of hydrogen-bond donors (Lipinski definition) is 1. The van der Waals surface area contributed by atoms with Crippen molar-refractivity contribution in [3.8, 4) is 0 Å². The minimum Gasteiger partial charge on any atom is -0.465 e. The molecule has 2 rings (SSSR count). The SMILES string of the molecule is CCOC(=O)C12CCCC(CNC1)C2(F)F.Cl. The first-order valence-corrected chi connectivity index (χ1v) is 5.80. The zero-order chi connectivity index (χ0) is 11.8. The van der Waals surface area contributed by atoms with E-state index in [1.54, 1.807) is 6.92 Å². The molecular formula is C11H18ClF2NO2. The minimum atomic E-state index is -2.93. The average Bonchev–Trinajstić information content (AvgIpc) is 2.16. The minimum absolute atomic E-state index is 0. The zero-order valence-corrected chi connectivity index (χ0v) is 10.6. The molecule has 0 radical (unpaired) electrons. The number of alkyl halides is 2. The molecule has 17 heavy (non-hydrogen) atoms.